The maximum Gasteiger partial charge on any atom is 0.162 e. The highest BCUT2D eigenvalue weighted by Crippen LogP contribution is 2.13. The minimum absolute atomic E-state index is 0.0362. The predicted molar refractivity (Wildman–Crippen MR) is 77.8 cm³/mol. The van der Waals surface area contributed by atoms with Crippen molar-refractivity contribution < 1.29 is 18.7 Å². The van der Waals surface area contributed by atoms with Crippen molar-refractivity contribution in [2.24, 2.45) is 0 Å². The van der Waals surface area contributed by atoms with Gasteiger partial charge in [0.25, 0.3) is 0 Å². The van der Waals surface area contributed by atoms with Gasteiger partial charge in [0.2, 0.25) is 0 Å². The van der Waals surface area contributed by atoms with E-state index in [0.29, 0.717) is 12.2 Å². The van der Waals surface area contributed by atoms with Gasteiger partial charge < -0.3 is 9.47 Å². The molecule has 0 aromatic heterocycles. The van der Waals surface area contributed by atoms with Crippen LogP contribution in [0.2, 0.25) is 0 Å². The molecule has 3 nitrogen and oxygen atoms in total. The van der Waals surface area contributed by atoms with Gasteiger partial charge in [-0.25, -0.2) is 4.39 Å². The molecule has 2 aromatic carbocycles. The molecule has 0 aliphatic rings. The zero-order chi connectivity index (χ0) is 15.1. The average Bonchev–Trinajstić information content (AvgIpc) is 2.50. The molecule has 0 N–H and O–H groups in total. The van der Waals surface area contributed by atoms with Crippen LogP contribution in [-0.4, -0.2) is 19.5 Å². The Balaban J connectivity index is 1.80. The number of ketones is 1. The van der Waals surface area contributed by atoms with Crippen LogP contribution in [0.5, 0.6) is 5.75 Å². The van der Waals surface area contributed by atoms with E-state index in [1.807, 2.05) is 24.3 Å². The molecule has 0 fully saturated rings. The van der Waals surface area contributed by atoms with E-state index in [1.54, 1.807) is 25.3 Å². The third-order valence-electron chi connectivity index (χ3n) is 3.01. The van der Waals surface area contributed by atoms with Crippen LogP contribution in [0.1, 0.15) is 11.1 Å². The predicted octanol–water partition coefficient (Wildman–Crippen LogP) is 3.16. The molecular weight excluding hydrogens is 271 g/mol. The maximum atomic E-state index is 13.4. The molecule has 2 rings (SSSR count). The first-order valence-corrected chi connectivity index (χ1v) is 6.65. The largest absolute Gasteiger partial charge is 0.497 e. The minimum atomic E-state index is -0.362. The number of carbonyl (C=O) groups excluding carboxylic acids is 1. The van der Waals surface area contributed by atoms with Crippen LogP contribution < -0.4 is 4.74 Å². The summed E-state index contributed by atoms with van der Waals surface area (Å²) in [5.41, 5.74) is 1.32. The second-order valence-corrected chi connectivity index (χ2v) is 4.65. The Kier molecular flexibility index (Phi) is 5.46. The van der Waals surface area contributed by atoms with E-state index in [0.717, 1.165) is 11.3 Å². The van der Waals surface area contributed by atoms with Gasteiger partial charge >= 0.3 is 0 Å². The number of hydrogen-bond acceptors (Lipinski definition) is 3. The molecule has 0 saturated heterocycles. The van der Waals surface area contributed by atoms with Crippen LogP contribution >= 0.6 is 0 Å². The first-order valence-electron chi connectivity index (χ1n) is 6.65. The summed E-state index contributed by atoms with van der Waals surface area (Å²) in [5.74, 6) is 0.232. The standard InChI is InChI=1S/C17H17FO3/c1-20-16-7-4-5-13(9-16)11-21-12-15(19)10-14-6-2-3-8-17(14)18/h2-9H,10-12H2,1H3. The van der Waals surface area contributed by atoms with Crippen LogP contribution in [-0.2, 0) is 22.6 Å². The topological polar surface area (TPSA) is 35.5 Å². The van der Waals surface area contributed by atoms with Crippen molar-refractivity contribution in [3.8, 4) is 5.75 Å². The molecule has 0 radical (unpaired) electrons. The van der Waals surface area contributed by atoms with E-state index in [4.69, 9.17) is 9.47 Å². The molecule has 0 heterocycles. The van der Waals surface area contributed by atoms with Crippen LogP contribution in [0.3, 0.4) is 0 Å². The van der Waals surface area contributed by atoms with Gasteiger partial charge in [-0.15, -0.1) is 0 Å². The third kappa shape index (κ3) is 4.68. The highest BCUT2D eigenvalue weighted by molar-refractivity contribution is 5.82. The van der Waals surface area contributed by atoms with Gasteiger partial charge in [-0.05, 0) is 29.3 Å². The fourth-order valence-corrected chi connectivity index (χ4v) is 1.95. The van der Waals surface area contributed by atoms with Crippen molar-refractivity contribution in [3.63, 3.8) is 0 Å². The van der Waals surface area contributed by atoms with Gasteiger partial charge in [-0.3, -0.25) is 4.79 Å². The SMILES string of the molecule is COc1cccc(COCC(=O)Cc2ccccc2F)c1. The first kappa shape index (κ1) is 15.2. The Morgan fingerprint density at radius 1 is 1.14 bits per heavy atom. The Labute approximate surface area is 123 Å². The first-order chi connectivity index (χ1) is 10.2. The highest BCUT2D eigenvalue weighted by atomic mass is 19.1. The summed E-state index contributed by atoms with van der Waals surface area (Å²) >= 11 is 0. The molecule has 2 aromatic rings. The quantitative estimate of drug-likeness (QED) is 0.785. The number of carbonyl (C=O) groups is 1. The fraction of sp³-hybridized carbons (Fsp3) is 0.235. The normalized spacial score (nSPS) is 10.4. The summed E-state index contributed by atoms with van der Waals surface area (Å²) < 4.78 is 23.9. The van der Waals surface area contributed by atoms with Crippen LogP contribution in [0.25, 0.3) is 0 Å². The molecule has 0 spiro atoms. The number of benzene rings is 2. The smallest absolute Gasteiger partial charge is 0.162 e. The number of ether oxygens (including phenoxy) is 2. The van der Waals surface area contributed by atoms with E-state index in [2.05, 4.69) is 0 Å². The van der Waals surface area contributed by atoms with E-state index in [9.17, 15) is 9.18 Å². The Hall–Kier alpha value is -2.20. The Morgan fingerprint density at radius 2 is 1.95 bits per heavy atom. The number of methoxy groups -OCH3 is 1. The Bertz CT molecular complexity index is 610. The summed E-state index contributed by atoms with van der Waals surface area (Å²) in [5, 5.41) is 0. The minimum Gasteiger partial charge on any atom is -0.497 e. The zero-order valence-electron chi connectivity index (χ0n) is 11.8. The summed E-state index contributed by atoms with van der Waals surface area (Å²) in [4.78, 5) is 11.8. The molecule has 0 atom stereocenters. The number of rotatable bonds is 7. The number of hydrogen-bond donors (Lipinski definition) is 0. The number of halogens is 1. The van der Waals surface area contributed by atoms with Crippen molar-refractivity contribution >= 4 is 5.78 Å². The van der Waals surface area contributed by atoms with E-state index >= 15 is 0 Å². The lowest BCUT2D eigenvalue weighted by molar-refractivity contribution is -0.123. The molecule has 21 heavy (non-hydrogen) atoms. The lowest BCUT2D eigenvalue weighted by Gasteiger charge is -2.06. The van der Waals surface area contributed by atoms with Gasteiger partial charge in [0, 0.05) is 6.42 Å². The summed E-state index contributed by atoms with van der Waals surface area (Å²) in [7, 11) is 1.60. The zero-order valence-corrected chi connectivity index (χ0v) is 11.8. The molecule has 0 unspecified atom stereocenters. The lowest BCUT2D eigenvalue weighted by atomic mass is 10.1. The van der Waals surface area contributed by atoms with Crippen molar-refractivity contribution in [3.05, 3.63) is 65.5 Å². The van der Waals surface area contributed by atoms with Crippen LogP contribution in [0.4, 0.5) is 4.39 Å². The lowest BCUT2D eigenvalue weighted by Crippen LogP contribution is -2.12. The Morgan fingerprint density at radius 3 is 2.71 bits per heavy atom. The van der Waals surface area contributed by atoms with Crippen LogP contribution in [0, 0.1) is 5.82 Å². The van der Waals surface area contributed by atoms with Gasteiger partial charge in [-0.1, -0.05) is 30.3 Å². The van der Waals surface area contributed by atoms with Gasteiger partial charge in [0.05, 0.1) is 13.7 Å². The highest BCUT2D eigenvalue weighted by Gasteiger charge is 2.08. The van der Waals surface area contributed by atoms with E-state index in [1.165, 1.54) is 6.07 Å². The van der Waals surface area contributed by atoms with Crippen molar-refractivity contribution in [1.29, 1.82) is 0 Å². The van der Waals surface area contributed by atoms with Gasteiger partial charge in [0.15, 0.2) is 5.78 Å². The summed E-state index contributed by atoms with van der Waals surface area (Å²) in [6.45, 7) is 0.283. The molecule has 0 saturated carbocycles. The fourth-order valence-electron chi connectivity index (χ4n) is 1.95. The van der Waals surface area contributed by atoms with Crippen LogP contribution in [0.15, 0.2) is 48.5 Å². The van der Waals surface area contributed by atoms with Crippen molar-refractivity contribution in [2.45, 2.75) is 13.0 Å². The maximum absolute atomic E-state index is 13.4. The molecule has 0 aliphatic heterocycles. The van der Waals surface area contributed by atoms with E-state index < -0.39 is 0 Å². The van der Waals surface area contributed by atoms with Crippen molar-refractivity contribution in [2.75, 3.05) is 13.7 Å². The molecular formula is C17H17FO3. The summed E-state index contributed by atoms with van der Waals surface area (Å²) in [6.07, 6.45) is 0.0464. The molecule has 110 valence electrons. The monoisotopic (exact) mass is 288 g/mol. The van der Waals surface area contributed by atoms with Crippen molar-refractivity contribution in [1.82, 2.24) is 0 Å². The molecule has 0 aliphatic carbocycles. The van der Waals surface area contributed by atoms with Gasteiger partial charge in [0.1, 0.15) is 18.2 Å². The van der Waals surface area contributed by atoms with Gasteiger partial charge in [-0.2, -0.15) is 0 Å². The summed E-state index contributed by atoms with van der Waals surface area (Å²) in [6, 6.07) is 13.7. The second-order valence-electron chi connectivity index (χ2n) is 4.65. The molecule has 0 amide bonds. The third-order valence-corrected chi connectivity index (χ3v) is 3.01. The van der Waals surface area contributed by atoms with E-state index in [-0.39, 0.29) is 24.6 Å². The number of Topliss-reactive ketones (excluding diaryl/α,β-unsaturated/α-hetero) is 1. The molecule has 4 heteroatoms. The second kappa shape index (κ2) is 7.55. The molecule has 0 bridgehead atoms. The average molecular weight is 288 g/mol.